The average Bonchev–Trinajstić information content (AvgIpc) is 2.55. The van der Waals surface area contributed by atoms with Gasteiger partial charge in [0, 0.05) is 37.6 Å². The number of nitrogens with zero attached hydrogens (tertiary/aromatic N) is 2. The summed E-state index contributed by atoms with van der Waals surface area (Å²) in [5, 5.41) is 12.4. The molecule has 0 bridgehead atoms. The van der Waals surface area contributed by atoms with Gasteiger partial charge in [0.1, 0.15) is 0 Å². The van der Waals surface area contributed by atoms with E-state index in [1.807, 2.05) is 12.1 Å². The maximum absolute atomic E-state index is 11.0. The van der Waals surface area contributed by atoms with Crippen LogP contribution in [0, 0.1) is 0 Å². The van der Waals surface area contributed by atoms with E-state index in [1.54, 1.807) is 12.4 Å². The van der Waals surface area contributed by atoms with Crippen LogP contribution in [0.15, 0.2) is 24.5 Å². The fourth-order valence-electron chi connectivity index (χ4n) is 2.60. The van der Waals surface area contributed by atoms with Crippen molar-refractivity contribution < 1.29 is 9.90 Å². The maximum atomic E-state index is 11.0. The van der Waals surface area contributed by atoms with Crippen LogP contribution in [0.25, 0.3) is 0 Å². The number of rotatable bonds is 4. The summed E-state index contributed by atoms with van der Waals surface area (Å²) in [6.07, 6.45) is 4.79. The van der Waals surface area contributed by atoms with Gasteiger partial charge >= 0.3 is 5.97 Å². The lowest BCUT2D eigenvalue weighted by atomic mass is 10.1. The summed E-state index contributed by atoms with van der Waals surface area (Å²) in [5.41, 5.74) is 1.18. The fourth-order valence-corrected chi connectivity index (χ4v) is 2.60. The predicted molar refractivity (Wildman–Crippen MR) is 72.8 cm³/mol. The van der Waals surface area contributed by atoms with Gasteiger partial charge in [-0.15, -0.1) is 0 Å². The molecule has 1 aromatic heterocycles. The molecule has 1 aromatic rings. The lowest BCUT2D eigenvalue weighted by Crippen LogP contribution is -2.44. The van der Waals surface area contributed by atoms with Crippen molar-refractivity contribution in [3.8, 4) is 0 Å². The van der Waals surface area contributed by atoms with E-state index in [-0.39, 0.29) is 12.5 Å². The van der Waals surface area contributed by atoms with Gasteiger partial charge in [-0.3, -0.25) is 14.7 Å². The molecule has 5 nitrogen and oxygen atoms in total. The number of aliphatic carboxylic acids is 1. The molecule has 0 saturated carbocycles. The maximum Gasteiger partial charge on any atom is 0.304 e. The zero-order valence-electron chi connectivity index (χ0n) is 11.2. The molecule has 0 aliphatic carbocycles. The molecule has 0 radical (unpaired) electrons. The van der Waals surface area contributed by atoms with E-state index in [1.165, 1.54) is 5.56 Å². The van der Waals surface area contributed by atoms with Gasteiger partial charge in [0.05, 0.1) is 6.42 Å². The first-order valence-corrected chi connectivity index (χ1v) is 6.74. The number of nitrogens with one attached hydrogen (secondary N) is 1. The molecule has 5 heteroatoms. The first-order chi connectivity index (χ1) is 9.16. The second-order valence-corrected chi connectivity index (χ2v) is 5.12. The number of aromatic nitrogens is 1. The molecule has 1 aliphatic heterocycles. The normalized spacial score (nSPS) is 24.9. The molecule has 1 fully saturated rings. The zero-order valence-corrected chi connectivity index (χ0v) is 11.2. The third kappa shape index (κ3) is 4.01. The van der Waals surface area contributed by atoms with Gasteiger partial charge in [0.2, 0.25) is 0 Å². The van der Waals surface area contributed by atoms with Crippen LogP contribution in [0.3, 0.4) is 0 Å². The van der Waals surface area contributed by atoms with Gasteiger partial charge in [-0.05, 0) is 37.6 Å². The quantitative estimate of drug-likeness (QED) is 0.852. The summed E-state index contributed by atoms with van der Waals surface area (Å²) in [5.74, 6) is -0.736. The molecule has 2 rings (SSSR count). The van der Waals surface area contributed by atoms with Crippen LogP contribution in [-0.4, -0.2) is 46.1 Å². The van der Waals surface area contributed by atoms with E-state index in [4.69, 9.17) is 5.11 Å². The van der Waals surface area contributed by atoms with Crippen molar-refractivity contribution in [1.82, 2.24) is 15.2 Å². The standard InChI is InChI=1S/C14H21N3O2/c1-11-2-5-16-9-13(8-14(18)19)17(11)10-12-3-6-15-7-4-12/h3-4,6-7,11,13,16H,2,5,8-10H2,1H3,(H,18,19). The second-order valence-electron chi connectivity index (χ2n) is 5.12. The summed E-state index contributed by atoms with van der Waals surface area (Å²) in [6.45, 7) is 4.64. The largest absolute Gasteiger partial charge is 0.481 e. The molecule has 104 valence electrons. The minimum Gasteiger partial charge on any atom is -0.481 e. The van der Waals surface area contributed by atoms with Crippen LogP contribution >= 0.6 is 0 Å². The summed E-state index contributed by atoms with van der Waals surface area (Å²) in [6, 6.07) is 4.40. The van der Waals surface area contributed by atoms with Gasteiger partial charge < -0.3 is 10.4 Å². The van der Waals surface area contributed by atoms with Crippen LogP contribution < -0.4 is 5.32 Å². The van der Waals surface area contributed by atoms with Crippen LogP contribution in [0.2, 0.25) is 0 Å². The molecular formula is C14H21N3O2. The Labute approximate surface area is 113 Å². The van der Waals surface area contributed by atoms with Crippen molar-refractivity contribution in [2.45, 2.75) is 38.4 Å². The SMILES string of the molecule is CC1CCNCC(CC(=O)O)N1Cc1ccncc1. The lowest BCUT2D eigenvalue weighted by molar-refractivity contribution is -0.138. The first kappa shape index (κ1) is 14.0. The van der Waals surface area contributed by atoms with Gasteiger partial charge in [-0.1, -0.05) is 0 Å². The minimum atomic E-state index is -0.736. The lowest BCUT2D eigenvalue weighted by Gasteiger charge is -2.33. The van der Waals surface area contributed by atoms with Crippen LogP contribution in [0.1, 0.15) is 25.3 Å². The molecule has 19 heavy (non-hydrogen) atoms. The van der Waals surface area contributed by atoms with Gasteiger partial charge in [0.25, 0.3) is 0 Å². The van der Waals surface area contributed by atoms with E-state index >= 15 is 0 Å². The monoisotopic (exact) mass is 263 g/mol. The third-order valence-corrected chi connectivity index (χ3v) is 3.68. The number of hydrogen-bond donors (Lipinski definition) is 2. The van der Waals surface area contributed by atoms with E-state index in [0.29, 0.717) is 6.04 Å². The molecule has 0 aromatic carbocycles. The Morgan fingerprint density at radius 2 is 2.26 bits per heavy atom. The highest BCUT2D eigenvalue weighted by molar-refractivity contribution is 5.67. The highest BCUT2D eigenvalue weighted by Crippen LogP contribution is 2.18. The smallest absolute Gasteiger partial charge is 0.304 e. The topological polar surface area (TPSA) is 65.5 Å². The first-order valence-electron chi connectivity index (χ1n) is 6.74. The van der Waals surface area contributed by atoms with Crippen molar-refractivity contribution in [3.63, 3.8) is 0 Å². The Morgan fingerprint density at radius 3 is 2.95 bits per heavy atom. The number of pyridine rings is 1. The van der Waals surface area contributed by atoms with E-state index in [9.17, 15) is 4.79 Å². The molecule has 1 saturated heterocycles. The van der Waals surface area contributed by atoms with Gasteiger partial charge in [0.15, 0.2) is 0 Å². The Hall–Kier alpha value is -1.46. The highest BCUT2D eigenvalue weighted by atomic mass is 16.4. The van der Waals surface area contributed by atoms with E-state index in [2.05, 4.69) is 22.1 Å². The van der Waals surface area contributed by atoms with Gasteiger partial charge in [-0.25, -0.2) is 0 Å². The number of hydrogen-bond acceptors (Lipinski definition) is 4. The molecule has 0 spiro atoms. The highest BCUT2D eigenvalue weighted by Gasteiger charge is 2.27. The van der Waals surface area contributed by atoms with Gasteiger partial charge in [-0.2, -0.15) is 0 Å². The fraction of sp³-hybridized carbons (Fsp3) is 0.571. The Bertz CT molecular complexity index is 410. The van der Waals surface area contributed by atoms with Crippen LogP contribution in [0.4, 0.5) is 0 Å². The number of carboxylic acid groups (broad SMARTS) is 1. The van der Waals surface area contributed by atoms with E-state index in [0.717, 1.165) is 26.1 Å². The molecule has 0 amide bonds. The summed E-state index contributed by atoms with van der Waals surface area (Å²) in [7, 11) is 0. The van der Waals surface area contributed by atoms with Crippen molar-refractivity contribution >= 4 is 5.97 Å². The van der Waals surface area contributed by atoms with Crippen molar-refractivity contribution in [3.05, 3.63) is 30.1 Å². The third-order valence-electron chi connectivity index (χ3n) is 3.68. The summed E-state index contributed by atoms with van der Waals surface area (Å²) >= 11 is 0. The van der Waals surface area contributed by atoms with Crippen molar-refractivity contribution in [2.75, 3.05) is 13.1 Å². The molecular weight excluding hydrogens is 242 g/mol. The Kier molecular flexibility index (Phi) is 4.87. The van der Waals surface area contributed by atoms with Crippen molar-refractivity contribution in [1.29, 1.82) is 0 Å². The minimum absolute atomic E-state index is 0.0446. The molecule has 2 heterocycles. The molecule has 2 atom stereocenters. The average molecular weight is 263 g/mol. The Balaban J connectivity index is 2.12. The zero-order chi connectivity index (χ0) is 13.7. The summed E-state index contributed by atoms with van der Waals surface area (Å²) < 4.78 is 0. The Morgan fingerprint density at radius 1 is 1.53 bits per heavy atom. The van der Waals surface area contributed by atoms with E-state index < -0.39 is 5.97 Å². The summed E-state index contributed by atoms with van der Waals surface area (Å²) in [4.78, 5) is 17.3. The van der Waals surface area contributed by atoms with Crippen LogP contribution in [-0.2, 0) is 11.3 Å². The van der Waals surface area contributed by atoms with Crippen molar-refractivity contribution in [2.24, 2.45) is 0 Å². The number of carboxylic acids is 1. The molecule has 1 aliphatic rings. The number of carbonyl (C=O) groups is 1. The second kappa shape index (κ2) is 6.63. The molecule has 2 unspecified atom stereocenters. The molecule has 2 N–H and O–H groups in total. The van der Waals surface area contributed by atoms with Crippen LogP contribution in [0.5, 0.6) is 0 Å². The predicted octanol–water partition coefficient (Wildman–Crippen LogP) is 1.11.